The zero-order chi connectivity index (χ0) is 13.0. The molecule has 1 heterocycles. The molecule has 0 aliphatic heterocycles. The summed E-state index contributed by atoms with van der Waals surface area (Å²) in [5.74, 6) is 0. The molecule has 96 valence electrons. The van der Waals surface area contributed by atoms with Crippen molar-refractivity contribution in [3.05, 3.63) is 52.0 Å². The minimum atomic E-state index is 0.242. The Bertz CT molecular complexity index is 482. The quantitative estimate of drug-likeness (QED) is 0.899. The maximum Gasteiger partial charge on any atom is 0.0795 e. The van der Waals surface area contributed by atoms with Gasteiger partial charge in [-0.2, -0.15) is 0 Å². The van der Waals surface area contributed by atoms with Crippen LogP contribution in [0.2, 0.25) is 0 Å². The molecule has 0 aliphatic rings. The van der Waals surface area contributed by atoms with Crippen LogP contribution in [0.1, 0.15) is 22.9 Å². The zero-order valence-corrected chi connectivity index (χ0v) is 11.7. The molecule has 1 atom stereocenters. The molecular weight excluding hydrogens is 242 g/mol. The van der Waals surface area contributed by atoms with Crippen LogP contribution >= 0.6 is 11.3 Å². The highest BCUT2D eigenvalue weighted by Crippen LogP contribution is 2.21. The van der Waals surface area contributed by atoms with Crippen LogP contribution in [0.4, 0.5) is 0 Å². The van der Waals surface area contributed by atoms with Crippen LogP contribution in [-0.4, -0.2) is 23.5 Å². The van der Waals surface area contributed by atoms with Crippen molar-refractivity contribution in [3.63, 3.8) is 0 Å². The summed E-state index contributed by atoms with van der Waals surface area (Å²) in [5.41, 5.74) is 11.4. The van der Waals surface area contributed by atoms with E-state index in [2.05, 4.69) is 53.5 Å². The highest BCUT2D eigenvalue weighted by atomic mass is 32.1. The topological polar surface area (TPSA) is 42.1 Å². The van der Waals surface area contributed by atoms with Gasteiger partial charge in [-0.25, -0.2) is 4.98 Å². The van der Waals surface area contributed by atoms with Crippen LogP contribution in [0.5, 0.6) is 0 Å². The van der Waals surface area contributed by atoms with Crippen molar-refractivity contribution in [1.82, 2.24) is 9.88 Å². The molecule has 1 aromatic carbocycles. The van der Waals surface area contributed by atoms with Gasteiger partial charge in [0.1, 0.15) is 0 Å². The van der Waals surface area contributed by atoms with Crippen LogP contribution in [0.15, 0.2) is 35.2 Å². The van der Waals surface area contributed by atoms with E-state index in [0.717, 1.165) is 12.2 Å². The second-order valence-corrected chi connectivity index (χ2v) is 5.28. The Morgan fingerprint density at radius 2 is 2.28 bits per heavy atom. The number of likely N-dealkylation sites (N-methyl/N-ethyl adjacent to an activating group) is 1. The van der Waals surface area contributed by atoms with Gasteiger partial charge < -0.3 is 5.73 Å². The van der Waals surface area contributed by atoms with Crippen molar-refractivity contribution in [1.29, 1.82) is 0 Å². The Kier molecular flexibility index (Phi) is 4.47. The van der Waals surface area contributed by atoms with Crippen molar-refractivity contribution in [3.8, 4) is 0 Å². The molecule has 4 heteroatoms. The van der Waals surface area contributed by atoms with Crippen molar-refractivity contribution in [2.45, 2.75) is 19.5 Å². The minimum absolute atomic E-state index is 0.242. The van der Waals surface area contributed by atoms with Crippen molar-refractivity contribution < 1.29 is 0 Å². The third-order valence-corrected chi connectivity index (χ3v) is 3.71. The van der Waals surface area contributed by atoms with Gasteiger partial charge >= 0.3 is 0 Å². The van der Waals surface area contributed by atoms with Crippen LogP contribution in [0, 0.1) is 6.92 Å². The molecule has 0 saturated carbocycles. The summed E-state index contributed by atoms with van der Waals surface area (Å²) in [4.78, 5) is 6.57. The van der Waals surface area contributed by atoms with Crippen LogP contribution in [0.3, 0.4) is 0 Å². The fourth-order valence-electron chi connectivity index (χ4n) is 2.13. The molecule has 0 saturated heterocycles. The lowest BCUT2D eigenvalue weighted by molar-refractivity contribution is 0.239. The Labute approximate surface area is 112 Å². The minimum Gasteiger partial charge on any atom is -0.329 e. The summed E-state index contributed by atoms with van der Waals surface area (Å²) in [7, 11) is 2.10. The van der Waals surface area contributed by atoms with Gasteiger partial charge in [0.2, 0.25) is 0 Å². The Balaban J connectivity index is 2.12. The predicted octanol–water partition coefficient (Wildman–Crippen LogP) is 2.58. The van der Waals surface area contributed by atoms with Gasteiger partial charge in [0.05, 0.1) is 11.2 Å². The Hall–Kier alpha value is -1.23. The van der Waals surface area contributed by atoms with E-state index in [9.17, 15) is 0 Å². The van der Waals surface area contributed by atoms with E-state index in [1.807, 2.05) is 5.51 Å². The average Bonchev–Trinajstić information content (AvgIpc) is 2.83. The molecule has 2 N–H and O–H groups in total. The third kappa shape index (κ3) is 3.16. The van der Waals surface area contributed by atoms with E-state index >= 15 is 0 Å². The number of aryl methyl sites for hydroxylation is 1. The van der Waals surface area contributed by atoms with Gasteiger partial charge in [-0.1, -0.05) is 29.8 Å². The van der Waals surface area contributed by atoms with Gasteiger partial charge in [0.15, 0.2) is 0 Å². The molecular formula is C14H19N3S. The Morgan fingerprint density at radius 3 is 2.89 bits per heavy atom. The molecule has 3 nitrogen and oxygen atoms in total. The summed E-state index contributed by atoms with van der Waals surface area (Å²) in [6.07, 6.45) is 0. The SMILES string of the molecule is Cc1cccc(C(CN)N(C)Cc2cscn2)c1. The lowest BCUT2D eigenvalue weighted by Gasteiger charge is -2.27. The van der Waals surface area contributed by atoms with Crippen LogP contribution in [0.25, 0.3) is 0 Å². The molecule has 0 aliphatic carbocycles. The van der Waals surface area contributed by atoms with Crippen molar-refractivity contribution >= 4 is 11.3 Å². The first-order chi connectivity index (χ1) is 8.70. The maximum atomic E-state index is 5.93. The standard InChI is InChI=1S/C14H19N3S/c1-11-4-3-5-12(6-11)14(7-15)17(2)8-13-9-18-10-16-13/h3-6,9-10,14H,7-8,15H2,1-2H3. The van der Waals surface area contributed by atoms with E-state index in [4.69, 9.17) is 5.73 Å². The Morgan fingerprint density at radius 1 is 1.44 bits per heavy atom. The number of hydrogen-bond acceptors (Lipinski definition) is 4. The lowest BCUT2D eigenvalue weighted by Crippen LogP contribution is -2.30. The van der Waals surface area contributed by atoms with Crippen molar-refractivity contribution in [2.24, 2.45) is 5.73 Å². The number of nitrogens with zero attached hydrogens (tertiary/aromatic N) is 2. The number of hydrogen-bond donors (Lipinski definition) is 1. The molecule has 0 fully saturated rings. The smallest absolute Gasteiger partial charge is 0.0795 e. The van der Waals surface area contributed by atoms with E-state index in [1.54, 1.807) is 11.3 Å². The first-order valence-corrected chi connectivity index (χ1v) is 6.99. The molecule has 0 spiro atoms. The van der Waals surface area contributed by atoms with Gasteiger partial charge in [-0.15, -0.1) is 11.3 Å². The zero-order valence-electron chi connectivity index (χ0n) is 10.8. The average molecular weight is 261 g/mol. The van der Waals surface area contributed by atoms with Crippen molar-refractivity contribution in [2.75, 3.05) is 13.6 Å². The fraction of sp³-hybridized carbons (Fsp3) is 0.357. The summed E-state index contributed by atoms with van der Waals surface area (Å²) in [6, 6.07) is 8.78. The number of benzene rings is 1. The molecule has 0 radical (unpaired) electrons. The molecule has 2 rings (SSSR count). The highest BCUT2D eigenvalue weighted by Gasteiger charge is 2.16. The molecule has 2 aromatic rings. The molecule has 1 unspecified atom stereocenters. The second-order valence-electron chi connectivity index (χ2n) is 4.56. The largest absolute Gasteiger partial charge is 0.329 e. The lowest BCUT2D eigenvalue weighted by atomic mass is 10.0. The summed E-state index contributed by atoms with van der Waals surface area (Å²) in [5, 5.41) is 2.08. The van der Waals surface area contributed by atoms with Crippen LogP contribution < -0.4 is 5.73 Å². The second kappa shape index (κ2) is 6.09. The predicted molar refractivity (Wildman–Crippen MR) is 76.6 cm³/mol. The van der Waals surface area contributed by atoms with E-state index in [0.29, 0.717) is 6.54 Å². The van der Waals surface area contributed by atoms with E-state index in [1.165, 1.54) is 11.1 Å². The summed E-state index contributed by atoms with van der Waals surface area (Å²) in [6.45, 7) is 3.56. The van der Waals surface area contributed by atoms with Crippen LogP contribution in [-0.2, 0) is 6.54 Å². The number of aromatic nitrogens is 1. The monoisotopic (exact) mass is 261 g/mol. The molecule has 1 aromatic heterocycles. The van der Waals surface area contributed by atoms with Gasteiger partial charge in [0, 0.05) is 24.5 Å². The third-order valence-electron chi connectivity index (χ3n) is 3.08. The normalized spacial score (nSPS) is 12.9. The first kappa shape index (κ1) is 13.2. The highest BCUT2D eigenvalue weighted by molar-refractivity contribution is 7.07. The molecule has 0 bridgehead atoms. The maximum absolute atomic E-state index is 5.93. The molecule has 0 amide bonds. The van der Waals surface area contributed by atoms with Gasteiger partial charge in [-0.3, -0.25) is 4.90 Å². The number of rotatable bonds is 5. The van der Waals surface area contributed by atoms with Gasteiger partial charge in [0.25, 0.3) is 0 Å². The number of thiazole rings is 1. The fourth-order valence-corrected chi connectivity index (χ4v) is 2.68. The van der Waals surface area contributed by atoms with E-state index < -0.39 is 0 Å². The van der Waals surface area contributed by atoms with E-state index in [-0.39, 0.29) is 6.04 Å². The first-order valence-electron chi connectivity index (χ1n) is 6.04. The van der Waals surface area contributed by atoms with Gasteiger partial charge in [-0.05, 0) is 19.5 Å². The summed E-state index contributed by atoms with van der Waals surface area (Å²) < 4.78 is 0. The number of nitrogens with two attached hydrogens (primary N) is 1. The summed E-state index contributed by atoms with van der Waals surface area (Å²) >= 11 is 1.63. The molecule has 18 heavy (non-hydrogen) atoms.